The molecule has 0 saturated heterocycles. The third-order valence-corrected chi connectivity index (χ3v) is 3.45. The van der Waals surface area contributed by atoms with E-state index in [1.54, 1.807) is 0 Å². The second kappa shape index (κ2) is 5.36. The molecule has 1 aromatic carbocycles. The molecular formula is C15H17N3O2. The van der Waals surface area contributed by atoms with Gasteiger partial charge in [0.05, 0.1) is 18.2 Å². The van der Waals surface area contributed by atoms with Crippen molar-refractivity contribution in [1.29, 1.82) is 0 Å². The molecule has 5 nitrogen and oxygen atoms in total. The van der Waals surface area contributed by atoms with E-state index in [0.717, 1.165) is 29.1 Å². The topological polar surface area (TPSA) is 67.0 Å². The molecule has 1 unspecified atom stereocenters. The van der Waals surface area contributed by atoms with Crippen molar-refractivity contribution in [3.05, 3.63) is 47.3 Å². The van der Waals surface area contributed by atoms with E-state index in [0.29, 0.717) is 13.2 Å². The number of amides is 1. The van der Waals surface area contributed by atoms with Crippen LogP contribution in [0, 0.1) is 12.8 Å². The van der Waals surface area contributed by atoms with Gasteiger partial charge in [-0.1, -0.05) is 18.2 Å². The van der Waals surface area contributed by atoms with Crippen molar-refractivity contribution in [2.45, 2.75) is 19.9 Å². The number of para-hydroxylation sites is 1. The average Bonchev–Trinajstić information content (AvgIpc) is 2.90. The number of nitrogens with one attached hydrogen (secondary N) is 2. The van der Waals surface area contributed by atoms with Gasteiger partial charge in [-0.05, 0) is 31.0 Å². The Hall–Kier alpha value is -2.30. The lowest BCUT2D eigenvalue weighted by Crippen LogP contribution is -2.37. The van der Waals surface area contributed by atoms with E-state index in [4.69, 9.17) is 4.74 Å². The van der Waals surface area contributed by atoms with E-state index in [9.17, 15) is 4.79 Å². The number of H-pyrrole nitrogens is 1. The molecule has 0 radical (unpaired) electrons. The van der Waals surface area contributed by atoms with E-state index < -0.39 is 0 Å². The maximum absolute atomic E-state index is 12.2. The van der Waals surface area contributed by atoms with E-state index in [1.807, 2.05) is 37.3 Å². The van der Waals surface area contributed by atoms with Gasteiger partial charge >= 0.3 is 0 Å². The van der Waals surface area contributed by atoms with Crippen molar-refractivity contribution in [2.24, 2.45) is 5.92 Å². The predicted octanol–water partition coefficient (Wildman–Crippen LogP) is 1.59. The highest BCUT2D eigenvalue weighted by atomic mass is 16.5. The molecule has 0 bridgehead atoms. The first-order chi connectivity index (χ1) is 9.72. The molecule has 0 saturated carbocycles. The van der Waals surface area contributed by atoms with Gasteiger partial charge in [0.15, 0.2) is 0 Å². The first-order valence-electron chi connectivity index (χ1n) is 6.71. The summed E-state index contributed by atoms with van der Waals surface area (Å²) in [5.74, 6) is 0.768. The Morgan fingerprint density at radius 2 is 2.35 bits per heavy atom. The molecule has 0 aliphatic carbocycles. The number of benzene rings is 1. The van der Waals surface area contributed by atoms with Crippen molar-refractivity contribution in [1.82, 2.24) is 15.5 Å². The standard InChI is InChI=1S/C15H17N3O2/c1-10-6-13(18-17-10)8-16-15(19)12-7-11-4-2-3-5-14(11)20-9-12/h2-6,12H,7-9H2,1H3,(H,16,19)(H,17,18). The van der Waals surface area contributed by atoms with Gasteiger partial charge in [0.1, 0.15) is 12.4 Å². The molecule has 5 heteroatoms. The molecule has 1 aliphatic heterocycles. The Labute approximate surface area is 117 Å². The molecule has 0 fully saturated rings. The summed E-state index contributed by atoms with van der Waals surface area (Å²) >= 11 is 0. The first-order valence-corrected chi connectivity index (χ1v) is 6.71. The zero-order chi connectivity index (χ0) is 13.9. The number of aromatic amines is 1. The maximum atomic E-state index is 12.2. The minimum absolute atomic E-state index is 0.0140. The van der Waals surface area contributed by atoms with Gasteiger partial charge in [-0.3, -0.25) is 9.89 Å². The van der Waals surface area contributed by atoms with E-state index in [2.05, 4.69) is 15.5 Å². The fourth-order valence-electron chi connectivity index (χ4n) is 2.38. The van der Waals surface area contributed by atoms with Gasteiger partial charge in [-0.15, -0.1) is 0 Å². The monoisotopic (exact) mass is 271 g/mol. The number of carbonyl (C=O) groups excluding carboxylic acids is 1. The third kappa shape index (κ3) is 2.66. The highest BCUT2D eigenvalue weighted by Crippen LogP contribution is 2.26. The summed E-state index contributed by atoms with van der Waals surface area (Å²) in [5, 5.41) is 9.87. The quantitative estimate of drug-likeness (QED) is 0.890. The predicted molar refractivity (Wildman–Crippen MR) is 74.3 cm³/mol. The Balaban J connectivity index is 1.59. The highest BCUT2D eigenvalue weighted by molar-refractivity contribution is 5.79. The van der Waals surface area contributed by atoms with Gasteiger partial charge < -0.3 is 10.1 Å². The van der Waals surface area contributed by atoms with Crippen LogP contribution in [0.2, 0.25) is 0 Å². The second-order valence-electron chi connectivity index (χ2n) is 5.08. The van der Waals surface area contributed by atoms with Gasteiger partial charge in [0.2, 0.25) is 5.91 Å². The molecule has 104 valence electrons. The van der Waals surface area contributed by atoms with E-state index in [-0.39, 0.29) is 11.8 Å². The number of nitrogens with zero attached hydrogens (tertiary/aromatic N) is 1. The molecular weight excluding hydrogens is 254 g/mol. The van der Waals surface area contributed by atoms with Crippen LogP contribution in [-0.2, 0) is 17.8 Å². The molecule has 3 rings (SSSR count). The summed E-state index contributed by atoms with van der Waals surface area (Å²) in [6.07, 6.45) is 0.724. The van der Waals surface area contributed by atoms with Crippen molar-refractivity contribution < 1.29 is 9.53 Å². The first kappa shape index (κ1) is 12.7. The van der Waals surface area contributed by atoms with Gasteiger partial charge in [-0.25, -0.2) is 0 Å². The van der Waals surface area contributed by atoms with Crippen LogP contribution < -0.4 is 10.1 Å². The number of hydrogen-bond donors (Lipinski definition) is 2. The van der Waals surface area contributed by atoms with Crippen LogP contribution >= 0.6 is 0 Å². The largest absolute Gasteiger partial charge is 0.492 e. The number of ether oxygens (including phenoxy) is 1. The Bertz CT molecular complexity index is 621. The van der Waals surface area contributed by atoms with Crippen molar-refractivity contribution in [3.8, 4) is 5.75 Å². The minimum atomic E-state index is -0.134. The van der Waals surface area contributed by atoms with Crippen LogP contribution in [0.3, 0.4) is 0 Å². The summed E-state index contributed by atoms with van der Waals surface area (Å²) in [4.78, 5) is 12.2. The van der Waals surface area contributed by atoms with Crippen LogP contribution in [0.15, 0.2) is 30.3 Å². The summed E-state index contributed by atoms with van der Waals surface area (Å²) in [7, 11) is 0. The fourth-order valence-corrected chi connectivity index (χ4v) is 2.38. The zero-order valence-corrected chi connectivity index (χ0v) is 11.3. The molecule has 0 spiro atoms. The Morgan fingerprint density at radius 1 is 1.50 bits per heavy atom. The molecule has 2 aromatic rings. The Kier molecular flexibility index (Phi) is 3.41. The number of carbonyl (C=O) groups is 1. The zero-order valence-electron chi connectivity index (χ0n) is 11.3. The van der Waals surface area contributed by atoms with E-state index in [1.165, 1.54) is 0 Å². The summed E-state index contributed by atoms with van der Waals surface area (Å²) < 4.78 is 5.63. The number of hydrogen-bond acceptors (Lipinski definition) is 3. The average molecular weight is 271 g/mol. The maximum Gasteiger partial charge on any atom is 0.227 e. The third-order valence-electron chi connectivity index (χ3n) is 3.45. The number of fused-ring (bicyclic) bond motifs is 1. The fraction of sp³-hybridized carbons (Fsp3) is 0.333. The van der Waals surface area contributed by atoms with Crippen LogP contribution in [0.1, 0.15) is 17.0 Å². The van der Waals surface area contributed by atoms with Crippen LogP contribution in [0.4, 0.5) is 0 Å². The van der Waals surface area contributed by atoms with Crippen molar-refractivity contribution in [3.63, 3.8) is 0 Å². The van der Waals surface area contributed by atoms with Crippen LogP contribution in [-0.4, -0.2) is 22.7 Å². The van der Waals surface area contributed by atoms with Gasteiger partial charge in [0.25, 0.3) is 0 Å². The molecule has 2 N–H and O–H groups in total. The smallest absolute Gasteiger partial charge is 0.227 e. The molecule has 1 amide bonds. The lowest BCUT2D eigenvalue weighted by atomic mass is 9.96. The number of aryl methyl sites for hydroxylation is 1. The van der Waals surface area contributed by atoms with E-state index >= 15 is 0 Å². The van der Waals surface area contributed by atoms with Gasteiger partial charge in [-0.2, -0.15) is 5.10 Å². The lowest BCUT2D eigenvalue weighted by Gasteiger charge is -2.24. The summed E-state index contributed by atoms with van der Waals surface area (Å²) in [6.45, 7) is 2.81. The van der Waals surface area contributed by atoms with Crippen LogP contribution in [0.5, 0.6) is 5.75 Å². The minimum Gasteiger partial charge on any atom is -0.492 e. The van der Waals surface area contributed by atoms with Crippen LogP contribution in [0.25, 0.3) is 0 Å². The SMILES string of the molecule is Cc1cc(CNC(=O)C2COc3ccccc3C2)n[nH]1. The van der Waals surface area contributed by atoms with Crippen molar-refractivity contribution >= 4 is 5.91 Å². The molecule has 1 aromatic heterocycles. The molecule has 2 heterocycles. The highest BCUT2D eigenvalue weighted by Gasteiger charge is 2.25. The number of aromatic nitrogens is 2. The van der Waals surface area contributed by atoms with Crippen molar-refractivity contribution in [2.75, 3.05) is 6.61 Å². The summed E-state index contributed by atoms with van der Waals surface area (Å²) in [6, 6.07) is 9.78. The number of rotatable bonds is 3. The molecule has 20 heavy (non-hydrogen) atoms. The van der Waals surface area contributed by atoms with Gasteiger partial charge in [0, 0.05) is 5.69 Å². The lowest BCUT2D eigenvalue weighted by molar-refractivity contribution is -0.126. The summed E-state index contributed by atoms with van der Waals surface area (Å²) in [5.41, 5.74) is 2.92. The molecule has 1 atom stereocenters. The molecule has 1 aliphatic rings. The second-order valence-corrected chi connectivity index (χ2v) is 5.08. The normalized spacial score (nSPS) is 17.1. The Morgan fingerprint density at radius 3 is 3.15 bits per heavy atom.